The van der Waals surface area contributed by atoms with Crippen LogP contribution >= 0.6 is 12.4 Å². The van der Waals surface area contributed by atoms with Gasteiger partial charge in [0.2, 0.25) is 0 Å². The Labute approximate surface area is 125 Å². The van der Waals surface area contributed by atoms with Crippen molar-refractivity contribution >= 4 is 35.0 Å². The van der Waals surface area contributed by atoms with Crippen molar-refractivity contribution in [2.24, 2.45) is 0 Å². The van der Waals surface area contributed by atoms with Crippen LogP contribution in [-0.2, 0) is 26.6 Å². The Balaban J connectivity index is 0.00000361. The molecule has 1 N–H and O–H groups in total. The van der Waals surface area contributed by atoms with Crippen LogP contribution in [0.3, 0.4) is 0 Å². The van der Waals surface area contributed by atoms with Crippen LogP contribution in [0.4, 0.5) is 5.69 Å². The zero-order valence-corrected chi connectivity index (χ0v) is 12.8. The number of rotatable bonds is 7. The van der Waals surface area contributed by atoms with Crippen LogP contribution in [0.25, 0.3) is 0 Å². The van der Waals surface area contributed by atoms with E-state index in [0.29, 0.717) is 12.2 Å². The number of thiol groups is 1. The number of carboxylic acid groups (broad SMARTS) is 1. The highest BCUT2D eigenvalue weighted by Crippen LogP contribution is 2.15. The number of nitrogens with zero attached hydrogens (tertiary/aromatic N) is 2. The summed E-state index contributed by atoms with van der Waals surface area (Å²) in [5.41, 5.74) is 1.51. The molecule has 0 fully saturated rings. The Morgan fingerprint density at radius 2 is 1.80 bits per heavy atom. The summed E-state index contributed by atoms with van der Waals surface area (Å²) in [6.45, 7) is 0.453. The smallest absolute Gasteiger partial charge is 0.317 e. The second kappa shape index (κ2) is 8.75. The molecule has 114 valence electrons. The van der Waals surface area contributed by atoms with E-state index >= 15 is 0 Å². The van der Waals surface area contributed by atoms with Gasteiger partial charge in [0.1, 0.15) is 0 Å². The second-order valence-corrected chi connectivity index (χ2v) is 4.65. The predicted molar refractivity (Wildman–Crippen MR) is 77.5 cm³/mol. The molecule has 20 heavy (non-hydrogen) atoms. The summed E-state index contributed by atoms with van der Waals surface area (Å²) in [6.07, 6.45) is 0. The van der Waals surface area contributed by atoms with Crippen LogP contribution in [0.1, 0.15) is 5.56 Å². The van der Waals surface area contributed by atoms with Crippen molar-refractivity contribution in [3.63, 3.8) is 0 Å². The molecule has 0 atom stereocenters. The van der Waals surface area contributed by atoms with Gasteiger partial charge in [-0.1, -0.05) is 12.1 Å². The molecular formula is C11H17ClN2O5S. The van der Waals surface area contributed by atoms with E-state index in [9.17, 15) is 13.2 Å². The molecule has 0 spiro atoms. The lowest BCUT2D eigenvalue weighted by Crippen LogP contribution is -2.25. The molecule has 0 aromatic heterocycles. The van der Waals surface area contributed by atoms with Gasteiger partial charge in [-0.3, -0.25) is 9.69 Å². The molecule has 1 rings (SSSR count). The average molecular weight is 325 g/mol. The first kappa shape index (κ1) is 18.7. The Bertz CT molecular complexity index is 498. The van der Waals surface area contributed by atoms with Crippen molar-refractivity contribution in [3.05, 3.63) is 29.8 Å². The van der Waals surface area contributed by atoms with Crippen molar-refractivity contribution in [2.75, 3.05) is 25.7 Å². The first-order valence-corrected chi connectivity index (χ1v) is 6.53. The maximum atomic E-state index is 10.5. The van der Waals surface area contributed by atoms with Crippen molar-refractivity contribution in [1.82, 2.24) is 4.90 Å². The third-order valence-corrected chi connectivity index (χ3v) is 2.73. The lowest BCUT2D eigenvalue weighted by molar-refractivity contribution is -0.138. The van der Waals surface area contributed by atoms with E-state index < -0.39 is 17.0 Å². The molecule has 0 aliphatic rings. The predicted octanol–water partition coefficient (Wildman–Crippen LogP) is 0.519. The number of hydrogen-bond donors (Lipinski definition) is 2. The van der Waals surface area contributed by atoms with E-state index in [1.54, 1.807) is 36.2 Å². The fourth-order valence-electron chi connectivity index (χ4n) is 1.56. The molecule has 0 aliphatic carbocycles. The Kier molecular flexibility index (Phi) is 8.16. The summed E-state index contributed by atoms with van der Waals surface area (Å²) in [7, 11) is 0.248. The van der Waals surface area contributed by atoms with Crippen molar-refractivity contribution in [2.45, 2.75) is 6.54 Å². The second-order valence-electron chi connectivity index (χ2n) is 4.04. The van der Waals surface area contributed by atoms with Crippen molar-refractivity contribution in [3.8, 4) is 0 Å². The first-order chi connectivity index (χ1) is 8.88. The molecule has 0 unspecified atom stereocenters. The minimum atomic E-state index is -2.94. The van der Waals surface area contributed by atoms with E-state index in [2.05, 4.69) is 4.28 Å². The van der Waals surface area contributed by atoms with Crippen LogP contribution in [0.15, 0.2) is 24.3 Å². The largest absolute Gasteiger partial charge is 0.480 e. The van der Waals surface area contributed by atoms with Crippen LogP contribution in [0.5, 0.6) is 0 Å². The maximum Gasteiger partial charge on any atom is 0.317 e. The van der Waals surface area contributed by atoms with Gasteiger partial charge >= 0.3 is 5.97 Å². The zero-order chi connectivity index (χ0) is 14.4. The van der Waals surface area contributed by atoms with Crippen molar-refractivity contribution < 1.29 is 22.6 Å². The molecule has 0 radical (unpaired) electrons. The number of carboxylic acids is 1. The number of hydroxylamine groups is 1. The molecule has 0 saturated carbocycles. The monoisotopic (exact) mass is 324 g/mol. The quantitative estimate of drug-likeness (QED) is 0.558. The number of halogens is 1. The van der Waals surface area contributed by atoms with Crippen LogP contribution < -0.4 is 5.06 Å². The first-order valence-electron chi connectivity index (χ1n) is 5.44. The molecule has 0 aliphatic heterocycles. The summed E-state index contributed by atoms with van der Waals surface area (Å²) >= 11 is 0. The van der Waals surface area contributed by atoms with Crippen LogP contribution in [0.2, 0.25) is 0 Å². The third kappa shape index (κ3) is 6.71. The summed E-state index contributed by atoms with van der Waals surface area (Å²) in [4.78, 5) is 12.2. The molecule has 0 amide bonds. The molecular weight excluding hydrogens is 308 g/mol. The highest BCUT2D eigenvalue weighted by molar-refractivity contribution is 7.67. The minimum absolute atomic E-state index is 0. The molecule has 0 saturated heterocycles. The van der Waals surface area contributed by atoms with E-state index in [-0.39, 0.29) is 19.0 Å². The average Bonchev–Trinajstić information content (AvgIpc) is 2.27. The van der Waals surface area contributed by atoms with Crippen LogP contribution in [0, 0.1) is 0 Å². The van der Waals surface area contributed by atoms with Gasteiger partial charge in [0.15, 0.2) is 0 Å². The summed E-state index contributed by atoms with van der Waals surface area (Å²) < 4.78 is 25.3. The number of carbonyl (C=O) groups is 1. The lowest BCUT2D eigenvalue weighted by atomic mass is 10.2. The summed E-state index contributed by atoms with van der Waals surface area (Å²) in [5, 5.41) is 9.78. The standard InChI is InChI=1S/C11H16N2O5S.ClH/c1-12(8-11(14)15)7-9-3-5-10(6-4-9)13(2)18-19(16)17;/h3-6,19H,7-8H2,1-2H3,(H,14,15);1H. The molecule has 0 bridgehead atoms. The summed E-state index contributed by atoms with van der Waals surface area (Å²) in [6, 6.07) is 6.96. The van der Waals surface area contributed by atoms with Gasteiger partial charge in [0.25, 0.3) is 11.0 Å². The number of benzene rings is 1. The lowest BCUT2D eigenvalue weighted by Gasteiger charge is -2.16. The summed E-state index contributed by atoms with van der Waals surface area (Å²) in [5.74, 6) is -0.883. The fraction of sp³-hybridized carbons (Fsp3) is 0.364. The zero-order valence-electron chi connectivity index (χ0n) is 11.1. The Morgan fingerprint density at radius 1 is 1.25 bits per heavy atom. The van der Waals surface area contributed by atoms with Crippen molar-refractivity contribution in [1.29, 1.82) is 0 Å². The van der Waals surface area contributed by atoms with E-state index in [4.69, 9.17) is 5.11 Å². The topological polar surface area (TPSA) is 87.2 Å². The van der Waals surface area contributed by atoms with Gasteiger partial charge in [-0.25, -0.2) is 13.5 Å². The van der Waals surface area contributed by atoms with Gasteiger partial charge < -0.3 is 5.11 Å². The van der Waals surface area contributed by atoms with Gasteiger partial charge in [-0.05, 0) is 24.7 Å². The molecule has 7 nitrogen and oxygen atoms in total. The molecule has 9 heteroatoms. The molecule has 1 aromatic carbocycles. The van der Waals surface area contributed by atoms with E-state index in [1.807, 2.05) is 0 Å². The Hall–Kier alpha value is -1.35. The van der Waals surface area contributed by atoms with Gasteiger partial charge in [-0.2, -0.15) is 4.28 Å². The highest BCUT2D eigenvalue weighted by Gasteiger charge is 2.06. The van der Waals surface area contributed by atoms with E-state index in [1.165, 1.54) is 7.05 Å². The van der Waals surface area contributed by atoms with Crippen LogP contribution in [-0.4, -0.2) is 45.0 Å². The third-order valence-electron chi connectivity index (χ3n) is 2.35. The SMILES string of the molecule is CN(CC(=O)O)Cc1ccc(N(C)O[SH](=O)=O)cc1.Cl. The number of hydrogen-bond acceptors (Lipinski definition) is 6. The van der Waals surface area contributed by atoms with Gasteiger partial charge in [0, 0.05) is 13.6 Å². The van der Waals surface area contributed by atoms with E-state index in [0.717, 1.165) is 10.6 Å². The number of likely N-dealkylation sites (N-methyl/N-ethyl adjacent to an activating group) is 1. The fourth-order valence-corrected chi connectivity index (χ4v) is 1.85. The highest BCUT2D eigenvalue weighted by atomic mass is 35.5. The Morgan fingerprint density at radius 3 is 2.25 bits per heavy atom. The van der Waals surface area contributed by atoms with Gasteiger partial charge in [0.05, 0.1) is 12.2 Å². The molecule has 0 heterocycles. The number of anilines is 1. The normalized spacial score (nSPS) is 10.4. The molecule has 1 aromatic rings. The van der Waals surface area contributed by atoms with Gasteiger partial charge in [-0.15, -0.1) is 12.4 Å². The minimum Gasteiger partial charge on any atom is -0.480 e. The number of aliphatic carboxylic acids is 1. The maximum absolute atomic E-state index is 10.5.